The molecule has 0 aromatic carbocycles. The molecule has 4 N–H and O–H groups in total. The van der Waals surface area contributed by atoms with Crippen molar-refractivity contribution in [1.29, 1.82) is 0 Å². The average molecular weight is 257 g/mol. The molecule has 1 rings (SSSR count). The standard InChI is InChI=1S/C13H27N3O2/c1-13(2,12(14)15-18)6-3-7-16-8-4-11(10-17)5-9-16/h11,17-18H,3-10H2,1-2H3,(H2,14,15). The molecule has 0 bridgehead atoms. The van der Waals surface area contributed by atoms with E-state index in [1.165, 1.54) is 0 Å². The first-order valence-electron chi connectivity index (χ1n) is 6.81. The SMILES string of the molecule is CC(C)(CCCN1CCC(CO)CC1)C(N)=NO. The quantitative estimate of drug-likeness (QED) is 0.289. The second-order valence-corrected chi connectivity index (χ2v) is 5.94. The first kappa shape index (κ1) is 15.2. The van der Waals surface area contributed by atoms with Crippen LogP contribution < -0.4 is 5.73 Å². The number of aliphatic hydroxyl groups is 1. The lowest BCUT2D eigenvalue weighted by Gasteiger charge is -2.32. The van der Waals surface area contributed by atoms with Gasteiger partial charge in [-0.3, -0.25) is 0 Å². The van der Waals surface area contributed by atoms with Gasteiger partial charge in [-0.2, -0.15) is 0 Å². The zero-order chi connectivity index (χ0) is 13.6. The minimum atomic E-state index is -0.238. The summed E-state index contributed by atoms with van der Waals surface area (Å²) in [7, 11) is 0. The van der Waals surface area contributed by atoms with Gasteiger partial charge in [0.1, 0.15) is 5.84 Å². The number of nitrogens with zero attached hydrogens (tertiary/aromatic N) is 2. The molecule has 0 aromatic heterocycles. The van der Waals surface area contributed by atoms with Crippen LogP contribution in [0.3, 0.4) is 0 Å². The first-order chi connectivity index (χ1) is 8.49. The van der Waals surface area contributed by atoms with E-state index in [0.29, 0.717) is 18.4 Å². The number of hydrogen-bond donors (Lipinski definition) is 3. The molecule has 106 valence electrons. The van der Waals surface area contributed by atoms with Gasteiger partial charge >= 0.3 is 0 Å². The minimum absolute atomic E-state index is 0.238. The van der Waals surface area contributed by atoms with Gasteiger partial charge in [-0.05, 0) is 51.2 Å². The molecule has 0 amide bonds. The highest BCUT2D eigenvalue weighted by atomic mass is 16.4. The molecule has 1 aliphatic heterocycles. The zero-order valence-electron chi connectivity index (χ0n) is 11.6. The smallest absolute Gasteiger partial charge is 0.144 e. The Balaban J connectivity index is 2.23. The second kappa shape index (κ2) is 6.95. The van der Waals surface area contributed by atoms with Crippen LogP contribution in [0.4, 0.5) is 0 Å². The summed E-state index contributed by atoms with van der Waals surface area (Å²) in [6.07, 6.45) is 4.16. The molecule has 0 saturated carbocycles. The molecular formula is C13H27N3O2. The third kappa shape index (κ3) is 4.46. The number of piperidine rings is 1. The van der Waals surface area contributed by atoms with Crippen molar-refractivity contribution in [1.82, 2.24) is 4.90 Å². The van der Waals surface area contributed by atoms with E-state index in [4.69, 9.17) is 16.0 Å². The van der Waals surface area contributed by atoms with Crippen molar-refractivity contribution >= 4 is 5.84 Å². The summed E-state index contributed by atoms with van der Waals surface area (Å²) in [5, 5.41) is 20.9. The lowest BCUT2D eigenvalue weighted by molar-refractivity contribution is 0.129. The normalized spacial score (nSPS) is 20.3. The Hall–Kier alpha value is -0.810. The van der Waals surface area contributed by atoms with Crippen LogP contribution in [0.2, 0.25) is 0 Å². The molecular weight excluding hydrogens is 230 g/mol. The molecule has 0 spiro atoms. The minimum Gasteiger partial charge on any atom is -0.409 e. The highest BCUT2D eigenvalue weighted by molar-refractivity contribution is 5.85. The Kier molecular flexibility index (Phi) is 5.88. The molecule has 5 nitrogen and oxygen atoms in total. The summed E-state index contributed by atoms with van der Waals surface area (Å²) in [6.45, 7) is 7.54. The van der Waals surface area contributed by atoms with Crippen LogP contribution in [0.5, 0.6) is 0 Å². The maximum atomic E-state index is 9.08. The van der Waals surface area contributed by atoms with Gasteiger partial charge in [0.2, 0.25) is 0 Å². The predicted octanol–water partition coefficient (Wildman–Crippen LogP) is 1.24. The molecule has 1 fully saturated rings. The molecule has 0 aliphatic carbocycles. The predicted molar refractivity (Wildman–Crippen MR) is 72.7 cm³/mol. The third-order valence-corrected chi connectivity index (χ3v) is 4.04. The molecule has 0 unspecified atom stereocenters. The van der Waals surface area contributed by atoms with Crippen LogP contribution >= 0.6 is 0 Å². The first-order valence-corrected chi connectivity index (χ1v) is 6.81. The highest BCUT2D eigenvalue weighted by Crippen LogP contribution is 2.23. The van der Waals surface area contributed by atoms with E-state index in [9.17, 15) is 0 Å². The Morgan fingerprint density at radius 2 is 2.00 bits per heavy atom. The van der Waals surface area contributed by atoms with Gasteiger partial charge in [-0.25, -0.2) is 0 Å². The lowest BCUT2D eigenvalue weighted by Crippen LogP contribution is -2.37. The van der Waals surface area contributed by atoms with Crippen LogP contribution in [-0.4, -0.2) is 47.3 Å². The van der Waals surface area contributed by atoms with Crippen molar-refractivity contribution in [3.63, 3.8) is 0 Å². The van der Waals surface area contributed by atoms with Crippen LogP contribution in [0.15, 0.2) is 5.16 Å². The maximum absolute atomic E-state index is 9.08. The monoisotopic (exact) mass is 257 g/mol. The van der Waals surface area contributed by atoms with Crippen LogP contribution in [-0.2, 0) is 0 Å². The molecule has 0 aromatic rings. The van der Waals surface area contributed by atoms with E-state index in [0.717, 1.165) is 45.3 Å². The lowest BCUT2D eigenvalue weighted by atomic mass is 9.86. The third-order valence-electron chi connectivity index (χ3n) is 4.04. The largest absolute Gasteiger partial charge is 0.409 e. The van der Waals surface area contributed by atoms with Crippen molar-refractivity contribution < 1.29 is 10.3 Å². The van der Waals surface area contributed by atoms with Crippen molar-refractivity contribution in [2.75, 3.05) is 26.2 Å². The van der Waals surface area contributed by atoms with Crippen LogP contribution in [0.25, 0.3) is 0 Å². The molecule has 5 heteroatoms. The number of aliphatic hydroxyl groups excluding tert-OH is 1. The van der Waals surface area contributed by atoms with E-state index < -0.39 is 0 Å². The molecule has 1 heterocycles. The summed E-state index contributed by atoms with van der Waals surface area (Å²) in [4.78, 5) is 2.44. The van der Waals surface area contributed by atoms with Crippen LogP contribution in [0, 0.1) is 11.3 Å². The van der Waals surface area contributed by atoms with Crippen molar-refractivity contribution in [2.24, 2.45) is 22.2 Å². The fourth-order valence-corrected chi connectivity index (χ4v) is 2.40. The Morgan fingerprint density at radius 3 is 2.50 bits per heavy atom. The fourth-order valence-electron chi connectivity index (χ4n) is 2.40. The topological polar surface area (TPSA) is 82.1 Å². The zero-order valence-corrected chi connectivity index (χ0v) is 11.6. The van der Waals surface area contributed by atoms with E-state index in [-0.39, 0.29) is 5.41 Å². The van der Waals surface area contributed by atoms with Gasteiger partial charge in [0.05, 0.1) is 0 Å². The van der Waals surface area contributed by atoms with E-state index in [1.54, 1.807) is 0 Å². The van der Waals surface area contributed by atoms with E-state index in [1.807, 2.05) is 13.8 Å². The van der Waals surface area contributed by atoms with Gasteiger partial charge in [0, 0.05) is 12.0 Å². The number of nitrogens with two attached hydrogens (primary N) is 1. The Labute approximate surface area is 110 Å². The summed E-state index contributed by atoms with van der Waals surface area (Å²) >= 11 is 0. The molecule has 18 heavy (non-hydrogen) atoms. The number of likely N-dealkylation sites (tertiary alicyclic amines) is 1. The van der Waals surface area contributed by atoms with Crippen molar-refractivity contribution in [2.45, 2.75) is 39.5 Å². The second-order valence-electron chi connectivity index (χ2n) is 5.94. The molecule has 0 atom stereocenters. The van der Waals surface area contributed by atoms with Gasteiger partial charge in [-0.1, -0.05) is 19.0 Å². The van der Waals surface area contributed by atoms with Gasteiger partial charge in [0.15, 0.2) is 0 Å². The maximum Gasteiger partial charge on any atom is 0.144 e. The fraction of sp³-hybridized carbons (Fsp3) is 0.923. The van der Waals surface area contributed by atoms with Gasteiger partial charge < -0.3 is 20.9 Å². The summed E-state index contributed by atoms with van der Waals surface area (Å²) < 4.78 is 0. The van der Waals surface area contributed by atoms with Crippen molar-refractivity contribution in [3.8, 4) is 0 Å². The highest BCUT2D eigenvalue weighted by Gasteiger charge is 2.24. The summed E-state index contributed by atoms with van der Waals surface area (Å²) in [5.74, 6) is 0.802. The van der Waals surface area contributed by atoms with Crippen LogP contribution in [0.1, 0.15) is 39.5 Å². The summed E-state index contributed by atoms with van der Waals surface area (Å²) in [6, 6.07) is 0. The number of hydrogen-bond acceptors (Lipinski definition) is 4. The number of oxime groups is 1. The molecule has 1 aliphatic rings. The number of rotatable bonds is 6. The number of amidine groups is 1. The van der Waals surface area contributed by atoms with Gasteiger partial charge in [0.25, 0.3) is 0 Å². The molecule has 1 saturated heterocycles. The molecule has 0 radical (unpaired) electrons. The van der Waals surface area contributed by atoms with E-state index in [2.05, 4.69) is 10.1 Å². The Bertz CT molecular complexity index is 271. The van der Waals surface area contributed by atoms with Gasteiger partial charge in [-0.15, -0.1) is 0 Å². The average Bonchev–Trinajstić information content (AvgIpc) is 2.38. The summed E-state index contributed by atoms with van der Waals surface area (Å²) in [5.41, 5.74) is 5.43. The van der Waals surface area contributed by atoms with E-state index >= 15 is 0 Å². The van der Waals surface area contributed by atoms with Crippen molar-refractivity contribution in [3.05, 3.63) is 0 Å². The Morgan fingerprint density at radius 1 is 1.39 bits per heavy atom.